The number of rotatable bonds is 3. The van der Waals surface area contributed by atoms with Gasteiger partial charge < -0.3 is 14.8 Å². The summed E-state index contributed by atoms with van der Waals surface area (Å²) in [5, 5.41) is 9.05. The van der Waals surface area contributed by atoms with E-state index in [1.54, 1.807) is 10.6 Å². The average Bonchev–Trinajstić information content (AvgIpc) is 2.94. The van der Waals surface area contributed by atoms with Gasteiger partial charge in [0.2, 0.25) is 0 Å². The van der Waals surface area contributed by atoms with Crippen molar-refractivity contribution in [3.63, 3.8) is 0 Å². The minimum Gasteiger partial charge on any atom is -0.478 e. The highest BCUT2D eigenvalue weighted by Gasteiger charge is 2.25. The first kappa shape index (κ1) is 12.9. The maximum atomic E-state index is 12.0. The second-order valence-corrected chi connectivity index (χ2v) is 5.20. The van der Waals surface area contributed by atoms with Crippen LogP contribution in [0.25, 0.3) is 11.0 Å². The lowest BCUT2D eigenvalue weighted by Crippen LogP contribution is -2.25. The number of carboxylic acid groups (broad SMARTS) is 1. The number of aromatic nitrogens is 2. The zero-order valence-corrected chi connectivity index (χ0v) is 11.1. The van der Waals surface area contributed by atoms with Gasteiger partial charge in [0.25, 0.3) is 0 Å². The van der Waals surface area contributed by atoms with Crippen molar-refractivity contribution in [2.75, 3.05) is 6.61 Å². The van der Waals surface area contributed by atoms with Crippen molar-refractivity contribution in [1.29, 1.82) is 0 Å². The fraction of sp³-hybridized carbons (Fsp3) is 0.429. The van der Waals surface area contributed by atoms with E-state index in [9.17, 15) is 9.59 Å². The Labute approximate surface area is 115 Å². The van der Waals surface area contributed by atoms with Crippen molar-refractivity contribution in [2.45, 2.75) is 26.0 Å². The van der Waals surface area contributed by atoms with Crippen molar-refractivity contribution in [3.8, 4) is 0 Å². The van der Waals surface area contributed by atoms with Gasteiger partial charge in [0.15, 0.2) is 0 Å². The Morgan fingerprint density at radius 1 is 1.55 bits per heavy atom. The summed E-state index contributed by atoms with van der Waals surface area (Å²) in [7, 11) is 0. The summed E-state index contributed by atoms with van der Waals surface area (Å²) in [6.07, 6.45) is 1.04. The summed E-state index contributed by atoms with van der Waals surface area (Å²) < 4.78 is 7.12. The number of nitrogens with one attached hydrogen (secondary N) is 1. The number of imidazole rings is 1. The molecule has 2 heterocycles. The molecule has 0 radical (unpaired) electrons. The van der Waals surface area contributed by atoms with Crippen LogP contribution < -0.4 is 5.69 Å². The van der Waals surface area contributed by atoms with E-state index in [0.29, 0.717) is 24.2 Å². The smallest absolute Gasteiger partial charge is 0.335 e. The van der Waals surface area contributed by atoms with Gasteiger partial charge in [-0.15, -0.1) is 0 Å². The van der Waals surface area contributed by atoms with Crippen LogP contribution in [-0.4, -0.2) is 33.3 Å². The van der Waals surface area contributed by atoms with Gasteiger partial charge in [-0.25, -0.2) is 9.59 Å². The molecule has 1 aliphatic rings. The molecule has 0 spiro atoms. The summed E-state index contributed by atoms with van der Waals surface area (Å²) in [5.74, 6) is -0.718. The Kier molecular flexibility index (Phi) is 3.10. The molecule has 20 heavy (non-hydrogen) atoms. The van der Waals surface area contributed by atoms with E-state index < -0.39 is 5.97 Å². The van der Waals surface area contributed by atoms with Gasteiger partial charge >= 0.3 is 11.7 Å². The lowest BCUT2D eigenvalue weighted by molar-refractivity contribution is 0.0697. The predicted molar refractivity (Wildman–Crippen MR) is 73.0 cm³/mol. The second-order valence-electron chi connectivity index (χ2n) is 5.20. The van der Waals surface area contributed by atoms with Gasteiger partial charge in [-0.2, -0.15) is 0 Å². The SMILES string of the molecule is CC1OCCC1Cn1c(=O)[nH]c2ccc(C(=O)O)cc21. The van der Waals surface area contributed by atoms with E-state index in [1.165, 1.54) is 12.1 Å². The van der Waals surface area contributed by atoms with E-state index in [0.717, 1.165) is 6.42 Å². The largest absolute Gasteiger partial charge is 0.478 e. The number of aromatic carboxylic acids is 1. The standard InChI is InChI=1S/C14H16N2O4/c1-8-10(4-5-20-8)7-16-12-6-9(13(17)18)2-3-11(12)15-14(16)19/h2-3,6,8,10H,4-5,7H2,1H3,(H,15,19)(H,17,18). The zero-order chi connectivity index (χ0) is 14.3. The first-order chi connectivity index (χ1) is 9.56. The van der Waals surface area contributed by atoms with Crippen molar-refractivity contribution < 1.29 is 14.6 Å². The van der Waals surface area contributed by atoms with Crippen LogP contribution in [-0.2, 0) is 11.3 Å². The number of carboxylic acids is 1. The van der Waals surface area contributed by atoms with Gasteiger partial charge in [-0.3, -0.25) is 4.57 Å². The molecule has 2 N–H and O–H groups in total. The second kappa shape index (κ2) is 4.79. The molecule has 0 aliphatic carbocycles. The number of hydrogen-bond donors (Lipinski definition) is 2. The third-order valence-electron chi connectivity index (χ3n) is 3.97. The fourth-order valence-electron chi connectivity index (χ4n) is 2.72. The van der Waals surface area contributed by atoms with Gasteiger partial charge in [0.1, 0.15) is 0 Å². The van der Waals surface area contributed by atoms with Crippen LogP contribution in [0.3, 0.4) is 0 Å². The molecule has 0 amide bonds. The van der Waals surface area contributed by atoms with Crippen molar-refractivity contribution in [1.82, 2.24) is 9.55 Å². The number of benzene rings is 1. The number of fused-ring (bicyclic) bond motifs is 1. The molecule has 3 rings (SSSR count). The highest BCUT2D eigenvalue weighted by atomic mass is 16.5. The van der Waals surface area contributed by atoms with Crippen molar-refractivity contribution in [3.05, 3.63) is 34.2 Å². The van der Waals surface area contributed by atoms with Crippen molar-refractivity contribution in [2.24, 2.45) is 5.92 Å². The average molecular weight is 276 g/mol. The Morgan fingerprint density at radius 2 is 2.35 bits per heavy atom. The van der Waals surface area contributed by atoms with Gasteiger partial charge in [0, 0.05) is 19.1 Å². The van der Waals surface area contributed by atoms with Crippen molar-refractivity contribution >= 4 is 17.0 Å². The number of H-pyrrole nitrogens is 1. The lowest BCUT2D eigenvalue weighted by atomic mass is 10.0. The molecule has 2 atom stereocenters. The summed E-state index contributed by atoms with van der Waals surface area (Å²) in [4.78, 5) is 25.8. The van der Waals surface area contributed by atoms with E-state index >= 15 is 0 Å². The van der Waals surface area contributed by atoms with Crippen LogP contribution in [0, 0.1) is 5.92 Å². The summed E-state index contributed by atoms with van der Waals surface area (Å²) in [5.41, 5.74) is 1.27. The minimum atomic E-state index is -0.996. The molecule has 1 aromatic heterocycles. The highest BCUT2D eigenvalue weighted by Crippen LogP contribution is 2.23. The van der Waals surface area contributed by atoms with Crippen LogP contribution >= 0.6 is 0 Å². The number of carbonyl (C=O) groups is 1. The lowest BCUT2D eigenvalue weighted by Gasteiger charge is -2.14. The van der Waals surface area contributed by atoms with Crippen LogP contribution in [0.5, 0.6) is 0 Å². The Hall–Kier alpha value is -2.08. The van der Waals surface area contributed by atoms with Gasteiger partial charge in [-0.05, 0) is 31.5 Å². The fourth-order valence-corrected chi connectivity index (χ4v) is 2.72. The molecule has 1 saturated heterocycles. The molecular weight excluding hydrogens is 260 g/mol. The van der Waals surface area contributed by atoms with Crippen LogP contribution in [0.4, 0.5) is 0 Å². The molecule has 0 saturated carbocycles. The summed E-state index contributed by atoms with van der Waals surface area (Å²) in [6, 6.07) is 4.66. The number of aromatic amines is 1. The molecule has 1 aliphatic heterocycles. The molecule has 2 unspecified atom stereocenters. The first-order valence-electron chi connectivity index (χ1n) is 6.63. The predicted octanol–water partition coefficient (Wildman–Crippen LogP) is 1.45. The Morgan fingerprint density at radius 3 is 3.00 bits per heavy atom. The molecular formula is C14H16N2O4. The summed E-state index contributed by atoms with van der Waals surface area (Å²) >= 11 is 0. The van der Waals surface area contributed by atoms with E-state index in [2.05, 4.69) is 4.98 Å². The summed E-state index contributed by atoms with van der Waals surface area (Å²) in [6.45, 7) is 3.26. The molecule has 6 heteroatoms. The highest BCUT2D eigenvalue weighted by molar-refractivity contribution is 5.92. The van der Waals surface area contributed by atoms with Gasteiger partial charge in [0.05, 0.1) is 22.7 Å². The zero-order valence-electron chi connectivity index (χ0n) is 11.1. The topological polar surface area (TPSA) is 84.3 Å². The third-order valence-corrected chi connectivity index (χ3v) is 3.97. The number of nitrogens with zero attached hydrogens (tertiary/aromatic N) is 1. The number of hydrogen-bond acceptors (Lipinski definition) is 3. The Balaban J connectivity index is 2.04. The Bertz CT molecular complexity index is 716. The van der Waals surface area contributed by atoms with Gasteiger partial charge in [-0.1, -0.05) is 0 Å². The van der Waals surface area contributed by atoms with Crippen LogP contribution in [0.15, 0.2) is 23.0 Å². The molecule has 106 valence electrons. The minimum absolute atomic E-state index is 0.120. The molecule has 2 aromatic rings. The number of ether oxygens (including phenoxy) is 1. The maximum absolute atomic E-state index is 12.0. The molecule has 1 fully saturated rings. The third kappa shape index (κ3) is 2.12. The normalized spacial score (nSPS) is 22.4. The monoisotopic (exact) mass is 276 g/mol. The molecule has 0 bridgehead atoms. The van der Waals surface area contributed by atoms with E-state index in [1.807, 2.05) is 6.92 Å². The molecule has 6 nitrogen and oxygen atoms in total. The van der Waals surface area contributed by atoms with E-state index in [4.69, 9.17) is 9.84 Å². The van der Waals surface area contributed by atoms with E-state index in [-0.39, 0.29) is 23.3 Å². The first-order valence-corrected chi connectivity index (χ1v) is 6.63. The van der Waals surface area contributed by atoms with Crippen LogP contribution in [0.2, 0.25) is 0 Å². The maximum Gasteiger partial charge on any atom is 0.335 e. The molecule has 1 aromatic carbocycles. The van der Waals surface area contributed by atoms with Crippen LogP contribution in [0.1, 0.15) is 23.7 Å². The quantitative estimate of drug-likeness (QED) is 0.888.